The molecule has 8 unspecified atom stereocenters. The first-order valence-electron chi connectivity index (χ1n) is 11.1. The maximum Gasteiger partial charge on any atom is 0.247 e. The van der Waals surface area contributed by atoms with E-state index in [1.54, 1.807) is 0 Å². The van der Waals surface area contributed by atoms with Crippen molar-refractivity contribution in [3.05, 3.63) is 29.3 Å². The number of aliphatic hydroxyl groups excluding tert-OH is 6. The fourth-order valence-electron chi connectivity index (χ4n) is 4.18. The summed E-state index contributed by atoms with van der Waals surface area (Å²) in [5, 5.41) is 73.4. The number of hydrogen-bond acceptors (Lipinski definition) is 12. The molecule has 8 atom stereocenters. The summed E-state index contributed by atoms with van der Waals surface area (Å²) in [5.74, 6) is -1.72. The quantitative estimate of drug-likeness (QED) is 0.173. The Morgan fingerprint density at radius 3 is 2.06 bits per heavy atom. The second kappa shape index (κ2) is 11.2. The molecule has 0 bridgehead atoms. The number of phenols is 1. The number of carbonyl (C=O) groups is 2. The predicted octanol–water partition coefficient (Wildman–Crippen LogP) is -2.83. The van der Waals surface area contributed by atoms with Crippen molar-refractivity contribution in [3.63, 3.8) is 0 Å². The van der Waals surface area contributed by atoms with Crippen LogP contribution in [0.1, 0.15) is 19.4 Å². The van der Waals surface area contributed by atoms with E-state index in [4.69, 9.17) is 14.2 Å². The van der Waals surface area contributed by atoms with Gasteiger partial charge in [0.15, 0.2) is 17.3 Å². The monoisotopic (exact) mass is 513 g/mol. The number of amides is 1. The molecule has 13 heteroatoms. The molecule has 8 N–H and O–H groups in total. The van der Waals surface area contributed by atoms with Crippen LogP contribution in [0.2, 0.25) is 0 Å². The summed E-state index contributed by atoms with van der Waals surface area (Å²) in [5.41, 5.74) is 0.452. The number of carbonyl (C=O) groups excluding carboxylic acids is 2. The third kappa shape index (κ3) is 5.53. The topological polar surface area (TPSA) is 215 Å². The Morgan fingerprint density at radius 1 is 0.944 bits per heavy atom. The molecule has 1 aromatic rings. The number of nitrogens with one attached hydrogen (secondary N) is 1. The van der Waals surface area contributed by atoms with Gasteiger partial charge in [0, 0.05) is 12.7 Å². The van der Waals surface area contributed by atoms with E-state index in [-0.39, 0.29) is 17.1 Å². The van der Waals surface area contributed by atoms with Gasteiger partial charge in [-0.3, -0.25) is 9.59 Å². The summed E-state index contributed by atoms with van der Waals surface area (Å²) in [6.07, 6.45) is -11.9. The summed E-state index contributed by atoms with van der Waals surface area (Å²) < 4.78 is 15.5. The summed E-state index contributed by atoms with van der Waals surface area (Å²) in [6.45, 7) is 2.62. The number of hydrogen-bond donors (Lipinski definition) is 8. The molecule has 1 saturated carbocycles. The number of methoxy groups -OCH3 is 1. The second-order valence-electron chi connectivity index (χ2n) is 8.85. The van der Waals surface area contributed by atoms with Crippen LogP contribution in [0.4, 0.5) is 0 Å². The number of aromatic hydroxyl groups is 1. The van der Waals surface area contributed by atoms with Crippen molar-refractivity contribution in [3.8, 4) is 11.5 Å². The lowest BCUT2D eigenvalue weighted by Crippen LogP contribution is -2.68. The van der Waals surface area contributed by atoms with E-state index in [9.17, 15) is 45.3 Å². The zero-order valence-electron chi connectivity index (χ0n) is 19.8. The van der Waals surface area contributed by atoms with Crippen LogP contribution >= 0.6 is 0 Å². The van der Waals surface area contributed by atoms with E-state index in [1.165, 1.54) is 45.2 Å². The second-order valence-corrected chi connectivity index (χ2v) is 8.85. The third-order valence-corrected chi connectivity index (χ3v) is 6.27. The van der Waals surface area contributed by atoms with Crippen LogP contribution < -0.4 is 10.1 Å². The van der Waals surface area contributed by atoms with Crippen LogP contribution in [0.25, 0.3) is 6.08 Å². The summed E-state index contributed by atoms with van der Waals surface area (Å²) in [7, 11) is 1.20. The average Bonchev–Trinajstić information content (AvgIpc) is 3.11. The lowest BCUT2D eigenvalue weighted by molar-refractivity contribution is -0.199. The summed E-state index contributed by atoms with van der Waals surface area (Å²) >= 11 is 0. The van der Waals surface area contributed by atoms with Crippen molar-refractivity contribution in [2.24, 2.45) is 0 Å². The van der Waals surface area contributed by atoms with Crippen LogP contribution in [0.5, 0.6) is 11.5 Å². The zero-order chi connectivity index (χ0) is 26.9. The first-order chi connectivity index (χ1) is 16.9. The first kappa shape index (κ1) is 28.0. The molecule has 13 nitrogen and oxygen atoms in total. The zero-order valence-corrected chi connectivity index (χ0v) is 19.8. The van der Waals surface area contributed by atoms with Gasteiger partial charge in [0.2, 0.25) is 12.2 Å². The normalized spacial score (nSPS) is 37.0. The van der Waals surface area contributed by atoms with E-state index in [0.29, 0.717) is 5.56 Å². The number of phenolic OH excluding ortho intramolecular Hbond substituents is 1. The van der Waals surface area contributed by atoms with Crippen LogP contribution in [-0.4, -0.2) is 116 Å². The van der Waals surface area contributed by atoms with Gasteiger partial charge >= 0.3 is 0 Å². The number of Topliss-reactive ketones (excluding diaryl/α,β-unsaturated/α-hetero) is 1. The molecular formula is C23H31NO12. The molecule has 1 aromatic carbocycles. The molecule has 2 fully saturated rings. The van der Waals surface area contributed by atoms with E-state index in [0.717, 1.165) is 0 Å². The number of rotatable bonds is 7. The summed E-state index contributed by atoms with van der Waals surface area (Å²) in [6, 6.07) is 2.65. The molecule has 2 aliphatic rings. The Balaban J connectivity index is 1.68. The number of ketones is 1. The molecule has 1 heterocycles. The first-order valence-corrected chi connectivity index (χ1v) is 11.1. The number of aliphatic hydroxyl groups is 6. The fraction of sp³-hybridized carbons (Fsp3) is 0.565. The number of ether oxygens (including phenoxy) is 3. The summed E-state index contributed by atoms with van der Waals surface area (Å²) in [4.78, 5) is 24.1. The fourth-order valence-corrected chi connectivity index (χ4v) is 4.18. The van der Waals surface area contributed by atoms with Gasteiger partial charge in [-0.1, -0.05) is 6.07 Å². The highest BCUT2D eigenvalue weighted by Gasteiger charge is 2.50. The van der Waals surface area contributed by atoms with E-state index in [2.05, 4.69) is 5.32 Å². The van der Waals surface area contributed by atoms with E-state index < -0.39 is 72.9 Å². The van der Waals surface area contributed by atoms with Gasteiger partial charge in [-0.15, -0.1) is 0 Å². The highest BCUT2D eigenvalue weighted by Crippen LogP contribution is 2.32. The third-order valence-electron chi connectivity index (χ3n) is 6.27. The van der Waals surface area contributed by atoms with Crippen molar-refractivity contribution in [2.75, 3.05) is 7.11 Å². The molecule has 1 amide bonds. The van der Waals surface area contributed by atoms with Gasteiger partial charge in [-0.2, -0.15) is 0 Å². The lowest BCUT2D eigenvalue weighted by atomic mass is 9.83. The predicted molar refractivity (Wildman–Crippen MR) is 120 cm³/mol. The van der Waals surface area contributed by atoms with Crippen LogP contribution in [0, 0.1) is 0 Å². The van der Waals surface area contributed by atoms with Crippen LogP contribution in [0.3, 0.4) is 0 Å². The SMILES string of the molecule is COC1C(O)C(O)C(NC(=O)C(C)=Cc2ccc(OC3OC(C(C)=O)C(O)C3O)c(O)c2)C(O)C1O. The van der Waals surface area contributed by atoms with Gasteiger partial charge < -0.3 is 55.3 Å². The molecule has 3 rings (SSSR count). The van der Waals surface area contributed by atoms with Crippen molar-refractivity contribution in [2.45, 2.75) is 75.0 Å². The molecule has 0 radical (unpaired) electrons. The minimum absolute atomic E-state index is 0.0993. The highest BCUT2D eigenvalue weighted by molar-refractivity contribution is 5.97. The maximum absolute atomic E-state index is 12.6. The Morgan fingerprint density at radius 2 is 1.56 bits per heavy atom. The van der Waals surface area contributed by atoms with Gasteiger partial charge in [-0.25, -0.2) is 0 Å². The molecule has 200 valence electrons. The molecule has 0 aromatic heterocycles. The molecule has 36 heavy (non-hydrogen) atoms. The van der Waals surface area contributed by atoms with Crippen molar-refractivity contribution in [1.29, 1.82) is 0 Å². The Kier molecular flexibility index (Phi) is 8.69. The van der Waals surface area contributed by atoms with Gasteiger partial charge in [0.25, 0.3) is 0 Å². The lowest BCUT2D eigenvalue weighted by Gasteiger charge is -2.43. The minimum Gasteiger partial charge on any atom is -0.504 e. The molecular weight excluding hydrogens is 482 g/mol. The molecule has 1 aliphatic carbocycles. The molecule has 1 saturated heterocycles. The van der Waals surface area contributed by atoms with Crippen molar-refractivity contribution < 1.29 is 59.5 Å². The van der Waals surface area contributed by atoms with Crippen LogP contribution in [0.15, 0.2) is 23.8 Å². The van der Waals surface area contributed by atoms with Crippen molar-refractivity contribution in [1.82, 2.24) is 5.32 Å². The van der Waals surface area contributed by atoms with Crippen molar-refractivity contribution >= 4 is 17.8 Å². The largest absolute Gasteiger partial charge is 0.504 e. The average molecular weight is 513 g/mol. The Hall–Kier alpha value is -2.62. The van der Waals surface area contributed by atoms with Gasteiger partial charge in [-0.05, 0) is 37.6 Å². The molecule has 1 aliphatic heterocycles. The number of benzene rings is 1. The highest BCUT2D eigenvalue weighted by atomic mass is 16.7. The Labute approximate surface area is 206 Å². The smallest absolute Gasteiger partial charge is 0.247 e. The minimum atomic E-state index is -1.61. The Bertz CT molecular complexity index is 983. The van der Waals surface area contributed by atoms with Gasteiger partial charge in [0.05, 0.1) is 6.04 Å². The standard InChI is InChI=1S/C23H31NO12/c1-8(22(33)24-13-14(27)16(29)21(34-3)17(30)15(13)28)6-10-4-5-12(11(26)7-10)35-23-19(32)18(31)20(36-23)9(2)25/h4-7,13-21,23,26-32H,1-3H3,(H,24,33). The molecule has 0 spiro atoms. The van der Waals surface area contributed by atoms with Crippen LogP contribution in [-0.2, 0) is 19.1 Å². The maximum atomic E-state index is 12.6. The van der Waals surface area contributed by atoms with E-state index >= 15 is 0 Å². The van der Waals surface area contributed by atoms with Gasteiger partial charge in [0.1, 0.15) is 48.8 Å². The van der Waals surface area contributed by atoms with E-state index in [1.807, 2.05) is 0 Å².